The first-order chi connectivity index (χ1) is 10.1. The predicted molar refractivity (Wildman–Crippen MR) is 78.2 cm³/mol. The molecule has 1 aromatic carbocycles. The van der Waals surface area contributed by atoms with Crippen LogP contribution in [0.4, 0.5) is 0 Å². The topological polar surface area (TPSA) is 69.6 Å². The third-order valence-electron chi connectivity index (χ3n) is 4.40. The summed E-state index contributed by atoms with van der Waals surface area (Å²) in [6.45, 7) is 2.26. The summed E-state index contributed by atoms with van der Waals surface area (Å²) in [4.78, 5) is 25.3. The quantitative estimate of drug-likeness (QED) is 0.882. The van der Waals surface area contributed by atoms with Crippen molar-refractivity contribution in [3.05, 3.63) is 34.9 Å². The Bertz CT molecular complexity index is 565. The Morgan fingerprint density at radius 2 is 2.19 bits per heavy atom. The van der Waals surface area contributed by atoms with E-state index in [0.29, 0.717) is 24.6 Å². The maximum atomic E-state index is 12.4. The first-order valence-corrected chi connectivity index (χ1v) is 7.50. The van der Waals surface area contributed by atoms with E-state index < -0.39 is 5.97 Å². The maximum Gasteiger partial charge on any atom is 0.335 e. The molecule has 0 bridgehead atoms. The second-order valence-electron chi connectivity index (χ2n) is 5.85. The van der Waals surface area contributed by atoms with Gasteiger partial charge in [0.2, 0.25) is 5.91 Å². The summed E-state index contributed by atoms with van der Waals surface area (Å²) in [5.41, 5.74) is 2.41. The summed E-state index contributed by atoms with van der Waals surface area (Å²) >= 11 is 0. The molecule has 0 saturated carbocycles. The van der Waals surface area contributed by atoms with Gasteiger partial charge in [0.05, 0.1) is 5.56 Å². The van der Waals surface area contributed by atoms with Crippen LogP contribution in [0.2, 0.25) is 0 Å². The fourth-order valence-electron chi connectivity index (χ4n) is 3.17. The summed E-state index contributed by atoms with van der Waals surface area (Å²) in [7, 11) is 0. The van der Waals surface area contributed by atoms with Crippen molar-refractivity contribution in [2.24, 2.45) is 0 Å². The minimum Gasteiger partial charge on any atom is -0.478 e. The van der Waals surface area contributed by atoms with Crippen LogP contribution in [0.3, 0.4) is 0 Å². The minimum atomic E-state index is -0.920. The Balaban J connectivity index is 1.69. The largest absolute Gasteiger partial charge is 0.478 e. The number of carboxylic acids is 1. The zero-order valence-corrected chi connectivity index (χ0v) is 12.0. The third kappa shape index (κ3) is 3.08. The van der Waals surface area contributed by atoms with Crippen molar-refractivity contribution in [2.75, 3.05) is 13.1 Å². The molecule has 1 atom stereocenters. The van der Waals surface area contributed by atoms with Crippen molar-refractivity contribution in [1.29, 1.82) is 0 Å². The van der Waals surface area contributed by atoms with Crippen LogP contribution in [0, 0.1) is 0 Å². The first kappa shape index (κ1) is 14.1. The lowest BCUT2D eigenvalue weighted by Crippen LogP contribution is -2.39. The molecule has 1 saturated heterocycles. The second-order valence-corrected chi connectivity index (χ2v) is 5.85. The van der Waals surface area contributed by atoms with E-state index in [2.05, 4.69) is 5.32 Å². The average molecular weight is 288 g/mol. The van der Waals surface area contributed by atoms with E-state index in [1.807, 2.05) is 11.0 Å². The third-order valence-corrected chi connectivity index (χ3v) is 4.40. The van der Waals surface area contributed by atoms with Gasteiger partial charge in [-0.05, 0) is 49.1 Å². The zero-order valence-electron chi connectivity index (χ0n) is 12.0. The van der Waals surface area contributed by atoms with Crippen LogP contribution in [-0.2, 0) is 17.8 Å². The van der Waals surface area contributed by atoms with Crippen molar-refractivity contribution in [3.63, 3.8) is 0 Å². The number of carbonyl (C=O) groups excluding carboxylic acids is 1. The van der Waals surface area contributed by atoms with Crippen molar-refractivity contribution < 1.29 is 14.7 Å². The summed E-state index contributed by atoms with van der Waals surface area (Å²) in [5.74, 6) is -0.753. The number of fused-ring (bicyclic) bond motifs is 1. The molecule has 2 aliphatic rings. The van der Waals surface area contributed by atoms with E-state index >= 15 is 0 Å². The van der Waals surface area contributed by atoms with Gasteiger partial charge < -0.3 is 15.3 Å². The lowest BCUT2D eigenvalue weighted by molar-refractivity contribution is -0.132. The van der Waals surface area contributed by atoms with Crippen LogP contribution in [0.15, 0.2) is 18.2 Å². The zero-order chi connectivity index (χ0) is 14.8. The Morgan fingerprint density at radius 1 is 1.33 bits per heavy atom. The molecule has 21 heavy (non-hydrogen) atoms. The highest BCUT2D eigenvalue weighted by Crippen LogP contribution is 2.22. The molecule has 5 heteroatoms. The Morgan fingerprint density at radius 3 is 2.90 bits per heavy atom. The number of rotatable bonds is 3. The van der Waals surface area contributed by atoms with Gasteiger partial charge in [-0.2, -0.15) is 0 Å². The molecule has 0 aromatic heterocycles. The van der Waals surface area contributed by atoms with Gasteiger partial charge in [-0.15, -0.1) is 0 Å². The minimum absolute atomic E-state index is 0.167. The molecule has 1 fully saturated rings. The van der Waals surface area contributed by atoms with E-state index in [1.54, 1.807) is 12.1 Å². The van der Waals surface area contributed by atoms with E-state index in [-0.39, 0.29) is 5.91 Å². The fourth-order valence-corrected chi connectivity index (χ4v) is 3.17. The van der Waals surface area contributed by atoms with Gasteiger partial charge in [-0.1, -0.05) is 6.07 Å². The average Bonchev–Trinajstić information content (AvgIpc) is 2.98. The molecule has 2 N–H and O–H groups in total. The van der Waals surface area contributed by atoms with Gasteiger partial charge in [0.1, 0.15) is 0 Å². The van der Waals surface area contributed by atoms with E-state index in [9.17, 15) is 9.59 Å². The normalized spacial score (nSPS) is 21.1. The van der Waals surface area contributed by atoms with Crippen LogP contribution >= 0.6 is 0 Å². The SMILES string of the molecule is O=C(O)c1ccc2c(c1)CN(C(=O)CC1CCCN1)CC2. The summed E-state index contributed by atoms with van der Waals surface area (Å²) in [6.07, 6.45) is 3.56. The van der Waals surface area contributed by atoms with Crippen molar-refractivity contribution in [1.82, 2.24) is 10.2 Å². The van der Waals surface area contributed by atoms with Crippen LogP contribution in [0.25, 0.3) is 0 Å². The summed E-state index contributed by atoms with van der Waals surface area (Å²) in [5, 5.41) is 12.4. The van der Waals surface area contributed by atoms with Gasteiger partial charge in [0, 0.05) is 25.6 Å². The van der Waals surface area contributed by atoms with Crippen LogP contribution in [0.1, 0.15) is 40.7 Å². The molecule has 0 radical (unpaired) electrons. The maximum absolute atomic E-state index is 12.4. The highest BCUT2D eigenvalue weighted by atomic mass is 16.4. The number of nitrogens with one attached hydrogen (secondary N) is 1. The molecule has 0 aliphatic carbocycles. The summed E-state index contributed by atoms with van der Waals surface area (Å²) in [6, 6.07) is 5.52. The lowest BCUT2D eigenvalue weighted by atomic mass is 9.97. The molecule has 112 valence electrons. The number of nitrogens with zero attached hydrogens (tertiary/aromatic N) is 1. The number of aromatic carboxylic acids is 1. The number of benzene rings is 1. The van der Waals surface area contributed by atoms with Crippen LogP contribution < -0.4 is 5.32 Å². The Hall–Kier alpha value is -1.88. The molecule has 3 rings (SSSR count). The van der Waals surface area contributed by atoms with E-state index in [1.165, 1.54) is 0 Å². The lowest BCUT2D eigenvalue weighted by Gasteiger charge is -2.30. The molecule has 5 nitrogen and oxygen atoms in total. The van der Waals surface area contributed by atoms with Gasteiger partial charge in [-0.25, -0.2) is 4.79 Å². The van der Waals surface area contributed by atoms with Crippen molar-refractivity contribution in [3.8, 4) is 0 Å². The number of carboxylic acid groups (broad SMARTS) is 1. The predicted octanol–water partition coefficient (Wildman–Crippen LogP) is 1.41. The number of hydrogen-bond donors (Lipinski definition) is 2. The molecule has 1 amide bonds. The highest BCUT2D eigenvalue weighted by molar-refractivity contribution is 5.88. The number of carbonyl (C=O) groups is 2. The molecule has 0 spiro atoms. The molecular weight excluding hydrogens is 268 g/mol. The molecule has 2 heterocycles. The van der Waals surface area contributed by atoms with Gasteiger partial charge in [-0.3, -0.25) is 4.79 Å². The number of amides is 1. The van der Waals surface area contributed by atoms with Crippen molar-refractivity contribution >= 4 is 11.9 Å². The fraction of sp³-hybridized carbons (Fsp3) is 0.500. The van der Waals surface area contributed by atoms with Gasteiger partial charge in [0.15, 0.2) is 0 Å². The first-order valence-electron chi connectivity index (χ1n) is 7.50. The van der Waals surface area contributed by atoms with E-state index in [4.69, 9.17) is 5.11 Å². The summed E-state index contributed by atoms with van der Waals surface area (Å²) < 4.78 is 0. The second kappa shape index (κ2) is 5.85. The van der Waals surface area contributed by atoms with Gasteiger partial charge in [0.25, 0.3) is 0 Å². The number of hydrogen-bond acceptors (Lipinski definition) is 3. The Labute approximate surface area is 123 Å². The Kier molecular flexibility index (Phi) is 3.92. The van der Waals surface area contributed by atoms with Crippen LogP contribution in [-0.4, -0.2) is 41.0 Å². The van der Waals surface area contributed by atoms with Crippen molar-refractivity contribution in [2.45, 2.75) is 38.3 Å². The molecule has 1 unspecified atom stereocenters. The molecule has 2 aliphatic heterocycles. The highest BCUT2D eigenvalue weighted by Gasteiger charge is 2.25. The van der Waals surface area contributed by atoms with E-state index in [0.717, 1.165) is 43.5 Å². The standard InChI is InChI=1S/C16H20N2O3/c19-15(9-14-2-1-6-17-14)18-7-5-11-3-4-12(16(20)21)8-13(11)10-18/h3-4,8,14,17H,1-2,5-7,9-10H2,(H,20,21). The smallest absolute Gasteiger partial charge is 0.335 e. The van der Waals surface area contributed by atoms with Crippen LogP contribution in [0.5, 0.6) is 0 Å². The monoisotopic (exact) mass is 288 g/mol. The molecular formula is C16H20N2O3. The molecule has 1 aromatic rings. The van der Waals surface area contributed by atoms with Gasteiger partial charge >= 0.3 is 5.97 Å².